The second-order valence-corrected chi connectivity index (χ2v) is 5.49. The summed E-state index contributed by atoms with van der Waals surface area (Å²) in [7, 11) is 0. The van der Waals surface area contributed by atoms with Gasteiger partial charge < -0.3 is 0 Å². The van der Waals surface area contributed by atoms with Crippen LogP contribution in [0.1, 0.15) is 30.9 Å². The van der Waals surface area contributed by atoms with E-state index in [9.17, 15) is 0 Å². The summed E-state index contributed by atoms with van der Waals surface area (Å²) >= 11 is 1.90. The van der Waals surface area contributed by atoms with E-state index < -0.39 is 0 Å². The molecule has 0 saturated carbocycles. The summed E-state index contributed by atoms with van der Waals surface area (Å²) in [6.07, 6.45) is 7.08. The normalized spacial score (nSPS) is 15.7. The van der Waals surface area contributed by atoms with E-state index >= 15 is 0 Å². The Balaban J connectivity index is 2.21. The molecule has 0 saturated heterocycles. The van der Waals surface area contributed by atoms with Gasteiger partial charge in [0.05, 0.1) is 0 Å². The van der Waals surface area contributed by atoms with Gasteiger partial charge in [0.2, 0.25) is 0 Å². The van der Waals surface area contributed by atoms with Gasteiger partial charge in [-0.1, -0.05) is 41.6 Å². The highest BCUT2D eigenvalue weighted by Crippen LogP contribution is 2.36. The first-order valence-corrected chi connectivity index (χ1v) is 6.61. The number of hydrogen-bond donors (Lipinski definition) is 0. The zero-order valence-electron chi connectivity index (χ0n) is 10.2. The Kier molecular flexibility index (Phi) is 3.55. The zero-order valence-corrected chi connectivity index (χ0v) is 11.0. The summed E-state index contributed by atoms with van der Waals surface area (Å²) < 4.78 is 0. The number of allylic oxidation sites excluding steroid dienone is 3. The van der Waals surface area contributed by atoms with E-state index in [1.54, 1.807) is 0 Å². The minimum Gasteiger partial charge on any atom is -0.0899 e. The molecule has 84 valence electrons. The summed E-state index contributed by atoms with van der Waals surface area (Å²) in [5.41, 5.74) is 4.15. The summed E-state index contributed by atoms with van der Waals surface area (Å²) in [4.78, 5) is 2.81. The molecule has 1 aromatic carbocycles. The zero-order chi connectivity index (χ0) is 11.5. The van der Waals surface area contributed by atoms with Crippen molar-refractivity contribution in [3.05, 3.63) is 52.0 Å². The summed E-state index contributed by atoms with van der Waals surface area (Å²) in [5, 5.41) is 0. The predicted octanol–water partition coefficient (Wildman–Crippen LogP) is 5.02. The van der Waals surface area contributed by atoms with Crippen LogP contribution in [0.2, 0.25) is 0 Å². The van der Waals surface area contributed by atoms with Crippen molar-refractivity contribution < 1.29 is 0 Å². The topological polar surface area (TPSA) is 0 Å². The molecule has 0 N–H and O–H groups in total. The van der Waals surface area contributed by atoms with Crippen molar-refractivity contribution in [3.8, 4) is 0 Å². The Labute approximate surface area is 102 Å². The molecule has 0 amide bonds. The molecule has 0 bridgehead atoms. The van der Waals surface area contributed by atoms with Gasteiger partial charge in [0.1, 0.15) is 0 Å². The second-order valence-electron chi connectivity index (χ2n) is 4.40. The quantitative estimate of drug-likeness (QED) is 0.687. The van der Waals surface area contributed by atoms with Gasteiger partial charge in [0.25, 0.3) is 0 Å². The third-order valence-corrected chi connectivity index (χ3v) is 4.27. The van der Waals surface area contributed by atoms with Crippen molar-refractivity contribution in [1.29, 1.82) is 0 Å². The second kappa shape index (κ2) is 4.92. The Morgan fingerprint density at radius 2 is 1.75 bits per heavy atom. The molecular weight excluding hydrogens is 212 g/mol. The third kappa shape index (κ3) is 2.59. The Bertz CT molecular complexity index is 453. The number of thioether (sulfide) groups is 1. The summed E-state index contributed by atoms with van der Waals surface area (Å²) in [5.74, 6) is 0. The number of rotatable bonds is 2. The van der Waals surface area contributed by atoms with E-state index in [-0.39, 0.29) is 0 Å². The molecule has 0 spiro atoms. The van der Waals surface area contributed by atoms with E-state index in [1.165, 1.54) is 39.3 Å². The standard InChI is InChI=1S/C15H18S/c1-11-8-9-15(13(3)10-11)16-14-7-5-4-6-12(14)2/h6-10H,4-5H2,1-3H3. The number of aryl methyl sites for hydroxylation is 2. The fourth-order valence-electron chi connectivity index (χ4n) is 1.93. The molecule has 2 rings (SSSR count). The van der Waals surface area contributed by atoms with Crippen molar-refractivity contribution in [2.45, 2.75) is 38.5 Å². The largest absolute Gasteiger partial charge is 0.0899 e. The van der Waals surface area contributed by atoms with Crippen molar-refractivity contribution in [2.75, 3.05) is 0 Å². The van der Waals surface area contributed by atoms with Gasteiger partial charge in [-0.3, -0.25) is 0 Å². The minimum atomic E-state index is 1.19. The third-order valence-electron chi connectivity index (χ3n) is 2.89. The van der Waals surface area contributed by atoms with Gasteiger partial charge in [-0.15, -0.1) is 0 Å². The summed E-state index contributed by atoms with van der Waals surface area (Å²) in [6.45, 7) is 6.55. The van der Waals surface area contributed by atoms with Crippen LogP contribution in [0.5, 0.6) is 0 Å². The van der Waals surface area contributed by atoms with Crippen LogP contribution in [0.15, 0.2) is 45.7 Å². The maximum atomic E-state index is 2.36. The van der Waals surface area contributed by atoms with Crippen LogP contribution in [-0.4, -0.2) is 0 Å². The average Bonchev–Trinajstić information content (AvgIpc) is 2.25. The molecule has 1 heteroatoms. The van der Waals surface area contributed by atoms with Crippen molar-refractivity contribution in [2.24, 2.45) is 0 Å². The van der Waals surface area contributed by atoms with Gasteiger partial charge in [-0.05, 0) is 50.8 Å². The molecule has 0 heterocycles. The van der Waals surface area contributed by atoms with E-state index in [4.69, 9.17) is 0 Å². The van der Waals surface area contributed by atoms with Crippen LogP contribution in [0.4, 0.5) is 0 Å². The first kappa shape index (κ1) is 11.5. The molecule has 1 aromatic rings. The van der Waals surface area contributed by atoms with Gasteiger partial charge in [-0.2, -0.15) is 0 Å². The Hall–Kier alpha value is -0.950. The molecule has 1 aliphatic rings. The van der Waals surface area contributed by atoms with Crippen LogP contribution < -0.4 is 0 Å². The fourth-order valence-corrected chi connectivity index (χ4v) is 2.97. The smallest absolute Gasteiger partial charge is 0.0151 e. The SMILES string of the molecule is CC1=CCCC=C1Sc1ccc(C)cc1C. The lowest BCUT2D eigenvalue weighted by molar-refractivity contribution is 1.01. The van der Waals surface area contributed by atoms with Crippen LogP contribution in [-0.2, 0) is 0 Å². The molecule has 0 nitrogen and oxygen atoms in total. The van der Waals surface area contributed by atoms with E-state index in [1.807, 2.05) is 11.8 Å². The Morgan fingerprint density at radius 1 is 1.00 bits per heavy atom. The molecule has 16 heavy (non-hydrogen) atoms. The predicted molar refractivity (Wildman–Crippen MR) is 72.8 cm³/mol. The van der Waals surface area contributed by atoms with Gasteiger partial charge >= 0.3 is 0 Å². The molecule has 0 radical (unpaired) electrons. The van der Waals surface area contributed by atoms with Gasteiger partial charge in [0, 0.05) is 9.80 Å². The monoisotopic (exact) mass is 230 g/mol. The van der Waals surface area contributed by atoms with Gasteiger partial charge in [-0.25, -0.2) is 0 Å². The highest BCUT2D eigenvalue weighted by Gasteiger charge is 2.08. The molecule has 0 aromatic heterocycles. The first-order chi connectivity index (χ1) is 7.66. The molecule has 0 atom stereocenters. The molecular formula is C15H18S. The molecule has 0 unspecified atom stereocenters. The average molecular weight is 230 g/mol. The van der Waals surface area contributed by atoms with Crippen LogP contribution in [0, 0.1) is 13.8 Å². The van der Waals surface area contributed by atoms with Crippen molar-refractivity contribution in [3.63, 3.8) is 0 Å². The first-order valence-electron chi connectivity index (χ1n) is 5.79. The van der Waals surface area contributed by atoms with Crippen LogP contribution >= 0.6 is 11.8 Å². The lowest BCUT2D eigenvalue weighted by atomic mass is 10.1. The molecule has 1 aliphatic carbocycles. The maximum Gasteiger partial charge on any atom is 0.0151 e. The highest BCUT2D eigenvalue weighted by atomic mass is 32.2. The maximum absolute atomic E-state index is 2.36. The fraction of sp³-hybridized carbons (Fsp3) is 0.333. The molecule has 0 fully saturated rings. The van der Waals surface area contributed by atoms with E-state index in [0.717, 1.165) is 0 Å². The Morgan fingerprint density at radius 3 is 2.44 bits per heavy atom. The molecule has 0 aliphatic heterocycles. The van der Waals surface area contributed by atoms with Crippen molar-refractivity contribution >= 4 is 11.8 Å². The summed E-state index contributed by atoms with van der Waals surface area (Å²) in [6, 6.07) is 6.68. The number of hydrogen-bond acceptors (Lipinski definition) is 1. The van der Waals surface area contributed by atoms with Crippen molar-refractivity contribution in [1.82, 2.24) is 0 Å². The van der Waals surface area contributed by atoms with E-state index in [2.05, 4.69) is 51.1 Å². The minimum absolute atomic E-state index is 1.19. The van der Waals surface area contributed by atoms with Crippen LogP contribution in [0.25, 0.3) is 0 Å². The van der Waals surface area contributed by atoms with E-state index in [0.29, 0.717) is 0 Å². The lowest BCUT2D eigenvalue weighted by Crippen LogP contribution is -1.89. The van der Waals surface area contributed by atoms with Crippen LogP contribution in [0.3, 0.4) is 0 Å². The highest BCUT2D eigenvalue weighted by molar-refractivity contribution is 8.03. The van der Waals surface area contributed by atoms with Gasteiger partial charge in [0.15, 0.2) is 0 Å². The lowest BCUT2D eigenvalue weighted by Gasteiger charge is -2.13. The number of benzene rings is 1.